The highest BCUT2D eigenvalue weighted by Crippen LogP contribution is 2.31. The van der Waals surface area contributed by atoms with Crippen molar-refractivity contribution in [1.29, 1.82) is 0 Å². The van der Waals surface area contributed by atoms with Crippen molar-refractivity contribution in [3.05, 3.63) is 57.6 Å². The first-order valence-electron chi connectivity index (χ1n) is 8.72. The lowest BCUT2D eigenvalue weighted by molar-refractivity contribution is -0.117. The van der Waals surface area contributed by atoms with Crippen LogP contribution in [0.15, 0.2) is 36.4 Å². The number of phenols is 1. The SMILES string of the molecule is CCCN(CC(=O)Nc1c(Cl)cc(Cl)cc1C(=O)OC)Cc1ccccc1O. The zero-order valence-electron chi connectivity index (χ0n) is 15.7. The van der Waals surface area contributed by atoms with Crippen molar-refractivity contribution < 1.29 is 19.4 Å². The fourth-order valence-electron chi connectivity index (χ4n) is 2.77. The molecule has 0 saturated carbocycles. The minimum absolute atomic E-state index is 0.0573. The summed E-state index contributed by atoms with van der Waals surface area (Å²) in [7, 11) is 1.23. The first-order chi connectivity index (χ1) is 13.3. The number of nitrogens with one attached hydrogen (secondary N) is 1. The van der Waals surface area contributed by atoms with Crippen molar-refractivity contribution in [2.45, 2.75) is 19.9 Å². The van der Waals surface area contributed by atoms with Crippen LogP contribution in [0.5, 0.6) is 5.75 Å². The van der Waals surface area contributed by atoms with Crippen LogP contribution in [0, 0.1) is 0 Å². The molecule has 2 N–H and O–H groups in total. The predicted molar refractivity (Wildman–Crippen MR) is 110 cm³/mol. The van der Waals surface area contributed by atoms with Crippen molar-refractivity contribution in [3.63, 3.8) is 0 Å². The number of carbonyl (C=O) groups is 2. The van der Waals surface area contributed by atoms with Crippen LogP contribution >= 0.6 is 23.2 Å². The number of esters is 1. The molecule has 0 atom stereocenters. The maximum Gasteiger partial charge on any atom is 0.340 e. The molecule has 0 saturated heterocycles. The number of ether oxygens (including phenoxy) is 1. The number of hydrogen-bond donors (Lipinski definition) is 2. The van der Waals surface area contributed by atoms with Crippen LogP contribution in [0.25, 0.3) is 0 Å². The third kappa shape index (κ3) is 5.86. The number of methoxy groups -OCH3 is 1. The average molecular weight is 425 g/mol. The highest BCUT2D eigenvalue weighted by atomic mass is 35.5. The predicted octanol–water partition coefficient (Wildman–Crippen LogP) is 4.34. The first kappa shape index (κ1) is 22.0. The maximum atomic E-state index is 12.6. The Balaban J connectivity index is 2.17. The number of para-hydroxylation sites is 1. The number of benzene rings is 2. The summed E-state index contributed by atoms with van der Waals surface area (Å²) in [6, 6.07) is 9.82. The van der Waals surface area contributed by atoms with Crippen LogP contribution in [-0.2, 0) is 16.1 Å². The summed E-state index contributed by atoms with van der Waals surface area (Å²) in [5.74, 6) is -0.824. The minimum atomic E-state index is -0.653. The quantitative estimate of drug-likeness (QED) is 0.616. The lowest BCUT2D eigenvalue weighted by Crippen LogP contribution is -2.34. The van der Waals surface area contributed by atoms with Crippen molar-refractivity contribution in [2.24, 2.45) is 0 Å². The number of amides is 1. The van der Waals surface area contributed by atoms with Gasteiger partial charge in [0.2, 0.25) is 5.91 Å². The summed E-state index contributed by atoms with van der Waals surface area (Å²) in [6.07, 6.45) is 0.829. The van der Waals surface area contributed by atoms with Crippen LogP contribution in [0.4, 0.5) is 5.69 Å². The van der Waals surface area contributed by atoms with Crippen LogP contribution in [-0.4, -0.2) is 42.1 Å². The van der Waals surface area contributed by atoms with E-state index in [9.17, 15) is 14.7 Å². The second-order valence-corrected chi connectivity index (χ2v) is 7.03. The van der Waals surface area contributed by atoms with E-state index in [0.717, 1.165) is 12.0 Å². The molecule has 0 radical (unpaired) electrons. The number of rotatable bonds is 8. The number of aromatic hydroxyl groups is 1. The van der Waals surface area contributed by atoms with Crippen molar-refractivity contribution in [3.8, 4) is 5.75 Å². The summed E-state index contributed by atoms with van der Waals surface area (Å²) < 4.78 is 4.73. The smallest absolute Gasteiger partial charge is 0.340 e. The van der Waals surface area contributed by atoms with Gasteiger partial charge in [-0.3, -0.25) is 9.69 Å². The van der Waals surface area contributed by atoms with E-state index in [1.165, 1.54) is 19.2 Å². The van der Waals surface area contributed by atoms with Crippen molar-refractivity contribution in [1.82, 2.24) is 4.90 Å². The summed E-state index contributed by atoms with van der Waals surface area (Å²) in [5.41, 5.74) is 0.960. The lowest BCUT2D eigenvalue weighted by atomic mass is 10.1. The number of carbonyl (C=O) groups excluding carboxylic acids is 2. The van der Waals surface area contributed by atoms with E-state index in [2.05, 4.69) is 5.32 Å². The molecule has 0 unspecified atom stereocenters. The Morgan fingerprint density at radius 2 is 1.93 bits per heavy atom. The standard InChI is InChI=1S/C20H22Cl2N2O4/c1-3-8-24(11-13-6-4-5-7-17(13)25)12-18(26)23-19-15(20(27)28-2)9-14(21)10-16(19)22/h4-7,9-10,25H,3,8,11-12H2,1-2H3,(H,23,26). The molecular formula is C20H22Cl2N2O4. The van der Waals surface area contributed by atoms with Gasteiger partial charge < -0.3 is 15.2 Å². The van der Waals surface area contributed by atoms with Crippen LogP contribution in [0.1, 0.15) is 29.3 Å². The summed E-state index contributed by atoms with van der Waals surface area (Å²) in [6.45, 7) is 3.12. The fourth-order valence-corrected chi connectivity index (χ4v) is 3.31. The van der Waals surface area contributed by atoms with Gasteiger partial charge in [0.05, 0.1) is 29.9 Å². The molecule has 0 aromatic heterocycles. The zero-order chi connectivity index (χ0) is 20.7. The number of phenolic OH excluding ortho intramolecular Hbond substituents is 1. The van der Waals surface area contributed by atoms with Crippen molar-refractivity contribution >= 4 is 40.8 Å². The zero-order valence-corrected chi connectivity index (χ0v) is 17.2. The molecule has 28 heavy (non-hydrogen) atoms. The van der Waals surface area contributed by atoms with Gasteiger partial charge in [-0.15, -0.1) is 0 Å². The molecule has 0 aliphatic heterocycles. The average Bonchev–Trinajstić information content (AvgIpc) is 2.65. The largest absolute Gasteiger partial charge is 0.508 e. The third-order valence-corrected chi connectivity index (χ3v) is 4.53. The number of halogens is 2. The Morgan fingerprint density at radius 3 is 2.57 bits per heavy atom. The molecule has 8 heteroatoms. The monoisotopic (exact) mass is 424 g/mol. The highest BCUT2D eigenvalue weighted by Gasteiger charge is 2.20. The Hall–Kier alpha value is -2.28. The van der Waals surface area contributed by atoms with Gasteiger partial charge in [-0.25, -0.2) is 4.79 Å². The summed E-state index contributed by atoms with van der Waals surface area (Å²) in [4.78, 5) is 26.5. The number of hydrogen-bond acceptors (Lipinski definition) is 5. The van der Waals surface area contributed by atoms with Gasteiger partial charge in [0.1, 0.15) is 5.75 Å². The van der Waals surface area contributed by atoms with Gasteiger partial charge in [-0.2, -0.15) is 0 Å². The molecule has 2 rings (SSSR count). The molecule has 0 heterocycles. The Labute approximate surface area is 174 Å². The minimum Gasteiger partial charge on any atom is -0.508 e. The van der Waals surface area contributed by atoms with Crippen LogP contribution in [0.2, 0.25) is 10.0 Å². The second-order valence-electron chi connectivity index (χ2n) is 6.19. The van der Waals surface area contributed by atoms with Gasteiger partial charge in [0.25, 0.3) is 0 Å². The van der Waals surface area contributed by atoms with Crippen LogP contribution < -0.4 is 5.32 Å². The number of anilines is 1. The summed E-state index contributed by atoms with van der Waals surface area (Å²) in [5, 5.41) is 13.1. The summed E-state index contributed by atoms with van der Waals surface area (Å²) >= 11 is 12.1. The molecule has 0 aliphatic carbocycles. The first-order valence-corrected chi connectivity index (χ1v) is 9.47. The Bertz CT molecular complexity index is 858. The van der Waals surface area contributed by atoms with E-state index in [1.807, 2.05) is 17.9 Å². The Kier molecular flexibility index (Phi) is 8.11. The molecular weight excluding hydrogens is 403 g/mol. The van der Waals surface area contributed by atoms with Gasteiger partial charge in [0.15, 0.2) is 0 Å². The highest BCUT2D eigenvalue weighted by molar-refractivity contribution is 6.37. The second kappa shape index (κ2) is 10.3. The van der Waals surface area contributed by atoms with E-state index in [0.29, 0.717) is 13.1 Å². The number of nitrogens with zero attached hydrogens (tertiary/aromatic N) is 1. The van der Waals surface area contributed by atoms with Gasteiger partial charge in [-0.1, -0.05) is 48.3 Å². The molecule has 6 nitrogen and oxygen atoms in total. The molecule has 150 valence electrons. The molecule has 0 fully saturated rings. The topological polar surface area (TPSA) is 78.9 Å². The van der Waals surface area contributed by atoms with E-state index >= 15 is 0 Å². The van der Waals surface area contributed by atoms with Gasteiger partial charge in [0, 0.05) is 17.1 Å². The molecule has 2 aromatic carbocycles. The van der Waals surface area contributed by atoms with Crippen molar-refractivity contribution in [2.75, 3.05) is 25.5 Å². The van der Waals surface area contributed by atoms with E-state index in [-0.39, 0.29) is 39.5 Å². The molecule has 0 spiro atoms. The Morgan fingerprint density at radius 1 is 1.21 bits per heavy atom. The van der Waals surface area contributed by atoms with E-state index < -0.39 is 5.97 Å². The molecule has 1 amide bonds. The molecule has 2 aromatic rings. The fraction of sp³-hybridized carbons (Fsp3) is 0.300. The maximum absolute atomic E-state index is 12.6. The third-order valence-electron chi connectivity index (χ3n) is 4.02. The van der Waals surface area contributed by atoms with Crippen LogP contribution in [0.3, 0.4) is 0 Å². The van der Waals surface area contributed by atoms with Gasteiger partial charge >= 0.3 is 5.97 Å². The molecule has 0 bridgehead atoms. The molecule has 0 aliphatic rings. The van der Waals surface area contributed by atoms with E-state index in [4.69, 9.17) is 27.9 Å². The van der Waals surface area contributed by atoms with E-state index in [1.54, 1.807) is 18.2 Å². The normalized spacial score (nSPS) is 10.8. The van der Waals surface area contributed by atoms with Gasteiger partial charge in [-0.05, 0) is 31.2 Å². The lowest BCUT2D eigenvalue weighted by Gasteiger charge is -2.22.